The molecular weight excluding hydrogens is 243 g/mol. The molecule has 1 rings (SSSR count). The normalized spacial score (nSPS) is 12.1. The summed E-state index contributed by atoms with van der Waals surface area (Å²) in [4.78, 5) is -0.441. The highest BCUT2D eigenvalue weighted by Gasteiger charge is 2.35. The van der Waals surface area contributed by atoms with E-state index in [-0.39, 0.29) is 5.56 Å². The maximum Gasteiger partial charge on any atom is 0.403 e. The van der Waals surface area contributed by atoms with Crippen molar-refractivity contribution in [2.45, 2.75) is 11.1 Å². The zero-order chi connectivity index (χ0) is 12.4. The van der Waals surface area contributed by atoms with Crippen molar-refractivity contribution in [2.75, 3.05) is 5.75 Å². The van der Waals surface area contributed by atoms with Gasteiger partial charge in [0, 0.05) is 0 Å². The molecule has 0 saturated heterocycles. The van der Waals surface area contributed by atoms with Crippen molar-refractivity contribution in [1.82, 2.24) is 0 Å². The largest absolute Gasteiger partial charge is 0.403 e. The Balaban J connectivity index is 3.05. The summed E-state index contributed by atoms with van der Waals surface area (Å²) in [5, 5.41) is 8.44. The zero-order valence-corrected chi connectivity index (χ0v) is 8.64. The van der Waals surface area contributed by atoms with E-state index >= 15 is 0 Å². The Kier molecular flexibility index (Phi) is 3.24. The standard InChI is InChI=1S/C9H6F3NO2S/c10-9(11,12)6-16(14,15)8-3-1-7(5-13)2-4-8/h1-4H,6H2. The van der Waals surface area contributed by atoms with Gasteiger partial charge in [-0.1, -0.05) is 0 Å². The van der Waals surface area contributed by atoms with Gasteiger partial charge in [0.05, 0.1) is 16.5 Å². The van der Waals surface area contributed by atoms with Gasteiger partial charge in [-0.3, -0.25) is 0 Å². The molecule has 0 spiro atoms. The molecule has 86 valence electrons. The van der Waals surface area contributed by atoms with Crippen LogP contribution in [0.2, 0.25) is 0 Å². The van der Waals surface area contributed by atoms with Gasteiger partial charge < -0.3 is 0 Å². The first-order valence-corrected chi connectivity index (χ1v) is 5.69. The van der Waals surface area contributed by atoms with E-state index in [1.165, 1.54) is 0 Å². The highest BCUT2D eigenvalue weighted by atomic mass is 32.2. The molecule has 0 aromatic heterocycles. The predicted molar refractivity (Wildman–Crippen MR) is 49.3 cm³/mol. The molecule has 0 aliphatic rings. The lowest BCUT2D eigenvalue weighted by Gasteiger charge is -2.07. The monoisotopic (exact) mass is 249 g/mol. The van der Waals surface area contributed by atoms with Gasteiger partial charge in [-0.25, -0.2) is 8.42 Å². The summed E-state index contributed by atoms with van der Waals surface area (Å²) in [5.41, 5.74) is 0.186. The highest BCUT2D eigenvalue weighted by Crippen LogP contribution is 2.22. The van der Waals surface area contributed by atoms with Gasteiger partial charge in [-0.15, -0.1) is 0 Å². The molecule has 0 unspecified atom stereocenters. The van der Waals surface area contributed by atoms with Gasteiger partial charge in [0.15, 0.2) is 15.6 Å². The molecule has 1 aromatic carbocycles. The molecule has 0 aliphatic heterocycles. The van der Waals surface area contributed by atoms with Crippen LogP contribution in [-0.4, -0.2) is 20.3 Å². The molecule has 7 heteroatoms. The van der Waals surface area contributed by atoms with Crippen LogP contribution in [0.4, 0.5) is 13.2 Å². The summed E-state index contributed by atoms with van der Waals surface area (Å²) < 4.78 is 58.3. The van der Waals surface area contributed by atoms with E-state index in [2.05, 4.69) is 0 Å². The average Bonchev–Trinajstić information content (AvgIpc) is 2.14. The minimum absolute atomic E-state index is 0.186. The number of halogens is 3. The molecule has 0 saturated carbocycles. The second-order valence-corrected chi connectivity index (χ2v) is 5.00. The quantitative estimate of drug-likeness (QED) is 0.804. The van der Waals surface area contributed by atoms with Crippen LogP contribution in [0.3, 0.4) is 0 Å². The van der Waals surface area contributed by atoms with Crippen LogP contribution >= 0.6 is 0 Å². The SMILES string of the molecule is N#Cc1ccc(S(=O)(=O)CC(F)(F)F)cc1. The first-order valence-electron chi connectivity index (χ1n) is 4.04. The second-order valence-electron chi connectivity index (χ2n) is 3.01. The zero-order valence-electron chi connectivity index (χ0n) is 7.82. The maximum atomic E-state index is 12.0. The number of alkyl halides is 3. The number of sulfone groups is 1. The third-order valence-electron chi connectivity index (χ3n) is 1.70. The molecule has 0 atom stereocenters. The molecule has 0 radical (unpaired) electrons. The van der Waals surface area contributed by atoms with E-state index in [4.69, 9.17) is 5.26 Å². The maximum absolute atomic E-state index is 12.0. The van der Waals surface area contributed by atoms with Crippen LogP contribution in [0.15, 0.2) is 29.2 Å². The Morgan fingerprint density at radius 1 is 1.19 bits per heavy atom. The summed E-state index contributed by atoms with van der Waals surface area (Å²) in [6, 6.07) is 6.02. The summed E-state index contributed by atoms with van der Waals surface area (Å²) in [7, 11) is -4.38. The molecule has 0 heterocycles. The summed E-state index contributed by atoms with van der Waals surface area (Å²) in [6.45, 7) is 0. The smallest absolute Gasteiger partial charge is 0.223 e. The van der Waals surface area contributed by atoms with Crippen LogP contribution in [0.25, 0.3) is 0 Å². The molecule has 0 N–H and O–H groups in total. The first kappa shape index (κ1) is 12.5. The van der Waals surface area contributed by atoms with Gasteiger partial charge in [-0.2, -0.15) is 18.4 Å². The number of rotatable bonds is 2. The minimum Gasteiger partial charge on any atom is -0.223 e. The number of benzene rings is 1. The van der Waals surface area contributed by atoms with Crippen LogP contribution in [0, 0.1) is 11.3 Å². The third kappa shape index (κ3) is 3.24. The van der Waals surface area contributed by atoms with E-state index in [1.807, 2.05) is 0 Å². The van der Waals surface area contributed by atoms with Crippen molar-refractivity contribution in [1.29, 1.82) is 5.26 Å². The molecule has 0 aliphatic carbocycles. The van der Waals surface area contributed by atoms with Crippen molar-refractivity contribution in [3.63, 3.8) is 0 Å². The van der Waals surface area contributed by atoms with Gasteiger partial charge in [0.2, 0.25) is 0 Å². The molecule has 0 bridgehead atoms. The fourth-order valence-corrected chi connectivity index (χ4v) is 2.18. The number of nitriles is 1. The average molecular weight is 249 g/mol. The predicted octanol–water partition coefficient (Wildman–Crippen LogP) is 1.89. The van der Waals surface area contributed by atoms with Crippen molar-refractivity contribution < 1.29 is 21.6 Å². The van der Waals surface area contributed by atoms with Gasteiger partial charge in [0.25, 0.3) is 0 Å². The topological polar surface area (TPSA) is 57.9 Å². The Hall–Kier alpha value is -1.55. The fraction of sp³-hybridized carbons (Fsp3) is 0.222. The lowest BCUT2D eigenvalue weighted by atomic mass is 10.2. The van der Waals surface area contributed by atoms with E-state index in [9.17, 15) is 21.6 Å². The Bertz CT molecular complexity index is 511. The van der Waals surface area contributed by atoms with E-state index in [0.717, 1.165) is 24.3 Å². The Morgan fingerprint density at radius 2 is 1.69 bits per heavy atom. The lowest BCUT2D eigenvalue weighted by Crippen LogP contribution is -2.22. The van der Waals surface area contributed by atoms with Gasteiger partial charge >= 0.3 is 6.18 Å². The number of hydrogen-bond donors (Lipinski definition) is 0. The minimum atomic E-state index is -4.77. The fourth-order valence-electron chi connectivity index (χ4n) is 1.04. The van der Waals surface area contributed by atoms with Crippen molar-refractivity contribution >= 4 is 9.84 Å². The summed E-state index contributed by atoms with van der Waals surface area (Å²) in [5.74, 6) is -1.90. The van der Waals surface area contributed by atoms with E-state index in [0.29, 0.717) is 0 Å². The van der Waals surface area contributed by atoms with Gasteiger partial charge in [0.1, 0.15) is 0 Å². The van der Waals surface area contributed by atoms with E-state index in [1.54, 1.807) is 6.07 Å². The number of hydrogen-bond acceptors (Lipinski definition) is 3. The molecular formula is C9H6F3NO2S. The molecule has 0 fully saturated rings. The molecule has 0 amide bonds. The molecule has 16 heavy (non-hydrogen) atoms. The summed E-state index contributed by atoms with van der Waals surface area (Å²) in [6.07, 6.45) is -4.77. The van der Waals surface area contributed by atoms with Crippen LogP contribution in [0.5, 0.6) is 0 Å². The Morgan fingerprint density at radius 3 is 2.06 bits per heavy atom. The van der Waals surface area contributed by atoms with Gasteiger partial charge in [-0.05, 0) is 24.3 Å². The highest BCUT2D eigenvalue weighted by molar-refractivity contribution is 7.91. The van der Waals surface area contributed by atoms with Crippen LogP contribution < -0.4 is 0 Å². The molecule has 1 aromatic rings. The summed E-state index contributed by atoms with van der Waals surface area (Å²) >= 11 is 0. The van der Waals surface area contributed by atoms with Crippen LogP contribution in [-0.2, 0) is 9.84 Å². The van der Waals surface area contributed by atoms with Crippen molar-refractivity contribution in [2.24, 2.45) is 0 Å². The second kappa shape index (κ2) is 4.14. The third-order valence-corrected chi connectivity index (χ3v) is 3.39. The first-order chi connectivity index (χ1) is 7.24. The van der Waals surface area contributed by atoms with Crippen molar-refractivity contribution in [3.05, 3.63) is 29.8 Å². The Labute approximate surface area is 90.0 Å². The van der Waals surface area contributed by atoms with Crippen molar-refractivity contribution in [3.8, 4) is 6.07 Å². The molecule has 3 nitrogen and oxygen atoms in total. The number of nitrogens with zero attached hydrogens (tertiary/aromatic N) is 1. The van der Waals surface area contributed by atoms with E-state index < -0.39 is 26.7 Å². The van der Waals surface area contributed by atoms with Crippen LogP contribution in [0.1, 0.15) is 5.56 Å². The lowest BCUT2D eigenvalue weighted by molar-refractivity contribution is -0.106.